The zero-order chi connectivity index (χ0) is 21.2. The van der Waals surface area contributed by atoms with Crippen LogP contribution < -0.4 is 16.4 Å². The molecule has 1 aliphatic carbocycles. The molecule has 1 aromatic rings. The molecular weight excluding hydrogens is 384 g/mol. The highest BCUT2D eigenvalue weighted by atomic mass is 16.2. The van der Waals surface area contributed by atoms with Gasteiger partial charge in [-0.2, -0.15) is 5.26 Å². The molecular formula is C21H24N6O3. The van der Waals surface area contributed by atoms with Crippen LogP contribution in [0.1, 0.15) is 29.6 Å². The van der Waals surface area contributed by atoms with E-state index in [0.29, 0.717) is 31.0 Å². The third-order valence-electron chi connectivity index (χ3n) is 6.96. The van der Waals surface area contributed by atoms with Crippen LogP contribution in [-0.4, -0.2) is 70.8 Å². The van der Waals surface area contributed by atoms with E-state index in [1.54, 1.807) is 34.1 Å². The van der Waals surface area contributed by atoms with E-state index in [1.807, 2.05) is 4.90 Å². The van der Waals surface area contributed by atoms with Crippen molar-refractivity contribution in [2.45, 2.75) is 49.5 Å². The number of carbonyl (C=O) groups is 3. The molecule has 2 bridgehead atoms. The van der Waals surface area contributed by atoms with E-state index in [0.717, 1.165) is 18.5 Å². The first-order chi connectivity index (χ1) is 14.4. The minimum absolute atomic E-state index is 0.00989. The third-order valence-corrected chi connectivity index (χ3v) is 6.96. The van der Waals surface area contributed by atoms with E-state index in [9.17, 15) is 19.6 Å². The molecule has 3 heterocycles. The van der Waals surface area contributed by atoms with Gasteiger partial charge in [-0.05, 0) is 49.4 Å². The van der Waals surface area contributed by atoms with Crippen molar-refractivity contribution in [1.29, 1.82) is 5.26 Å². The van der Waals surface area contributed by atoms with Crippen molar-refractivity contribution in [1.82, 2.24) is 9.80 Å². The van der Waals surface area contributed by atoms with Crippen LogP contribution in [0.15, 0.2) is 24.3 Å². The molecule has 3 amide bonds. The number of nitrogens with zero attached hydrogens (tertiary/aromatic N) is 4. The maximum Gasteiger partial charge on any atom is 0.248 e. The maximum atomic E-state index is 13.0. The molecule has 0 aromatic heterocycles. The Morgan fingerprint density at radius 2 is 1.93 bits per heavy atom. The van der Waals surface area contributed by atoms with Crippen LogP contribution in [0, 0.1) is 17.2 Å². The van der Waals surface area contributed by atoms with Crippen molar-refractivity contribution < 1.29 is 14.4 Å². The number of nitriles is 1. The van der Waals surface area contributed by atoms with Crippen molar-refractivity contribution in [2.75, 3.05) is 18.0 Å². The number of fused-ring (bicyclic) bond motifs is 3. The number of primary amides is 1. The average Bonchev–Trinajstić information content (AvgIpc) is 3.07. The Kier molecular flexibility index (Phi) is 4.31. The molecule has 3 unspecified atom stereocenters. The van der Waals surface area contributed by atoms with Crippen LogP contribution in [0.5, 0.6) is 0 Å². The quantitative estimate of drug-likeness (QED) is 0.668. The summed E-state index contributed by atoms with van der Waals surface area (Å²) < 4.78 is 0. The normalized spacial score (nSPS) is 32.8. The van der Waals surface area contributed by atoms with Crippen molar-refractivity contribution in [3.8, 4) is 6.07 Å². The number of anilines is 1. The monoisotopic (exact) mass is 408 g/mol. The number of hydrogen-bond donors (Lipinski definition) is 2. The number of hydrogen-bond acceptors (Lipinski definition) is 6. The van der Waals surface area contributed by atoms with Crippen LogP contribution in [0.2, 0.25) is 0 Å². The highest BCUT2D eigenvalue weighted by molar-refractivity contribution is 6.02. The minimum atomic E-state index is -0.740. The molecule has 4 fully saturated rings. The van der Waals surface area contributed by atoms with Gasteiger partial charge in [0.2, 0.25) is 17.7 Å². The first kappa shape index (κ1) is 19.0. The molecule has 0 radical (unpaired) electrons. The molecule has 5 rings (SSSR count). The number of carbonyl (C=O) groups excluding carboxylic acids is 3. The lowest BCUT2D eigenvalue weighted by atomic mass is 10.1. The smallest absolute Gasteiger partial charge is 0.248 e. The zero-order valence-electron chi connectivity index (χ0n) is 16.5. The second kappa shape index (κ2) is 6.79. The second-order valence-corrected chi connectivity index (χ2v) is 8.77. The zero-order valence-corrected chi connectivity index (χ0v) is 16.5. The summed E-state index contributed by atoms with van der Waals surface area (Å²) in [5, 5.41) is 9.32. The highest BCUT2D eigenvalue weighted by Gasteiger charge is 2.55. The number of benzene rings is 1. The predicted octanol–water partition coefficient (Wildman–Crippen LogP) is -0.585. The fraction of sp³-hybridized carbons (Fsp3) is 0.524. The lowest BCUT2D eigenvalue weighted by molar-refractivity contribution is -0.135. The summed E-state index contributed by atoms with van der Waals surface area (Å²) in [4.78, 5) is 42.6. The summed E-state index contributed by atoms with van der Waals surface area (Å²) in [5.41, 5.74) is 12.7. The van der Waals surface area contributed by atoms with E-state index in [4.69, 9.17) is 11.5 Å². The first-order valence-corrected chi connectivity index (χ1v) is 10.3. The van der Waals surface area contributed by atoms with Crippen LogP contribution in [0.25, 0.3) is 0 Å². The molecule has 9 nitrogen and oxygen atoms in total. The van der Waals surface area contributed by atoms with E-state index in [-0.39, 0.29) is 36.0 Å². The Bertz CT molecular complexity index is 956. The second-order valence-electron chi connectivity index (χ2n) is 8.77. The number of piperidine rings is 1. The molecule has 3 aliphatic heterocycles. The fourth-order valence-electron chi connectivity index (χ4n) is 5.40. The van der Waals surface area contributed by atoms with Crippen molar-refractivity contribution in [2.24, 2.45) is 17.4 Å². The minimum Gasteiger partial charge on any atom is -0.366 e. The molecule has 30 heavy (non-hydrogen) atoms. The molecule has 6 atom stereocenters. The molecule has 0 spiro atoms. The van der Waals surface area contributed by atoms with E-state index >= 15 is 0 Å². The lowest BCUT2D eigenvalue weighted by Crippen LogP contribution is -2.57. The van der Waals surface area contributed by atoms with Gasteiger partial charge in [0.15, 0.2) is 0 Å². The summed E-state index contributed by atoms with van der Waals surface area (Å²) in [6.45, 7) is 0.953. The predicted molar refractivity (Wildman–Crippen MR) is 107 cm³/mol. The first-order valence-electron chi connectivity index (χ1n) is 10.3. The molecule has 3 saturated heterocycles. The number of amides is 3. The molecule has 9 heteroatoms. The Labute approximate surface area is 174 Å². The summed E-state index contributed by atoms with van der Waals surface area (Å²) in [6, 6.07) is 7.70. The third kappa shape index (κ3) is 2.87. The Hall–Kier alpha value is -2.96. The van der Waals surface area contributed by atoms with Gasteiger partial charge in [0.1, 0.15) is 6.04 Å². The summed E-state index contributed by atoms with van der Waals surface area (Å²) in [6.07, 6.45) is 2.40. The number of nitrogens with two attached hydrogens (primary N) is 2. The standard InChI is InChI=1S/C21H24N6O3/c22-8-14-5-12-6-17(12)27(14)20(29)16(23)10-25-9-15-7-18(25)21(30)26(15)13-3-1-11(2-4-13)19(24)28/h1-4,12,14-18H,5-7,9-10,23H2,(H2,24,28)/t12-,14?,15?,16?,17+,18+/m1/s1. The largest absolute Gasteiger partial charge is 0.366 e. The van der Waals surface area contributed by atoms with Gasteiger partial charge in [0.05, 0.1) is 24.2 Å². The van der Waals surface area contributed by atoms with Crippen LogP contribution in [0.4, 0.5) is 5.69 Å². The fourth-order valence-corrected chi connectivity index (χ4v) is 5.40. The SMILES string of the molecule is N#CC1C[C@@H]2C[C@@H]2N1C(=O)C(N)CN1CC2C[C@H]1C(=O)N2c1ccc(C(N)=O)cc1. The lowest BCUT2D eigenvalue weighted by Gasteiger charge is -2.35. The summed E-state index contributed by atoms with van der Waals surface area (Å²) >= 11 is 0. The van der Waals surface area contributed by atoms with Crippen LogP contribution >= 0.6 is 0 Å². The molecule has 4 aliphatic rings. The average molecular weight is 408 g/mol. The van der Waals surface area contributed by atoms with Crippen molar-refractivity contribution >= 4 is 23.4 Å². The van der Waals surface area contributed by atoms with Crippen LogP contribution in [-0.2, 0) is 9.59 Å². The topological polar surface area (TPSA) is 137 Å². The van der Waals surface area contributed by atoms with Gasteiger partial charge in [0.25, 0.3) is 0 Å². The Balaban J connectivity index is 1.24. The highest BCUT2D eigenvalue weighted by Crippen LogP contribution is 2.47. The van der Waals surface area contributed by atoms with Gasteiger partial charge in [0, 0.05) is 30.4 Å². The number of rotatable bonds is 5. The number of piperazine rings is 1. The molecule has 4 N–H and O–H groups in total. The van der Waals surface area contributed by atoms with Gasteiger partial charge in [-0.1, -0.05) is 0 Å². The van der Waals surface area contributed by atoms with Gasteiger partial charge < -0.3 is 21.3 Å². The van der Waals surface area contributed by atoms with E-state index in [2.05, 4.69) is 6.07 Å². The molecule has 1 aromatic carbocycles. The maximum absolute atomic E-state index is 13.0. The molecule has 156 valence electrons. The summed E-state index contributed by atoms with van der Waals surface area (Å²) in [7, 11) is 0. The van der Waals surface area contributed by atoms with E-state index in [1.165, 1.54) is 0 Å². The van der Waals surface area contributed by atoms with Gasteiger partial charge in [-0.3, -0.25) is 19.3 Å². The molecule has 1 saturated carbocycles. The number of likely N-dealkylation sites (tertiary alicyclic amines) is 2. The van der Waals surface area contributed by atoms with E-state index < -0.39 is 11.9 Å². The van der Waals surface area contributed by atoms with Gasteiger partial charge in [-0.25, -0.2) is 0 Å². The Morgan fingerprint density at radius 1 is 1.20 bits per heavy atom. The summed E-state index contributed by atoms with van der Waals surface area (Å²) in [5.74, 6) is -0.254. The van der Waals surface area contributed by atoms with Crippen molar-refractivity contribution in [3.63, 3.8) is 0 Å². The van der Waals surface area contributed by atoms with Gasteiger partial charge >= 0.3 is 0 Å². The van der Waals surface area contributed by atoms with Crippen molar-refractivity contribution in [3.05, 3.63) is 29.8 Å². The Morgan fingerprint density at radius 3 is 2.57 bits per heavy atom. The van der Waals surface area contributed by atoms with Crippen LogP contribution in [0.3, 0.4) is 0 Å². The van der Waals surface area contributed by atoms with Gasteiger partial charge in [-0.15, -0.1) is 0 Å².